The van der Waals surface area contributed by atoms with Gasteiger partial charge in [-0.1, -0.05) is 32.9 Å². The predicted molar refractivity (Wildman–Crippen MR) is 138 cm³/mol. The van der Waals surface area contributed by atoms with E-state index in [0.29, 0.717) is 35.2 Å². The molecule has 0 radical (unpaired) electrons. The van der Waals surface area contributed by atoms with Crippen LogP contribution < -0.4 is 5.56 Å². The monoisotopic (exact) mass is 510 g/mol. The van der Waals surface area contributed by atoms with Crippen LogP contribution >= 0.6 is 11.6 Å². The third-order valence-corrected chi connectivity index (χ3v) is 8.55. The molecule has 3 unspecified atom stereocenters. The number of nitrogens with zero attached hydrogens (tertiary/aromatic N) is 4. The number of carbonyl (C=O) groups excluding carboxylic acids is 1. The van der Waals surface area contributed by atoms with Crippen LogP contribution in [0, 0.1) is 11.8 Å². The lowest BCUT2D eigenvalue weighted by molar-refractivity contribution is -0.172. The Labute approximate surface area is 215 Å². The van der Waals surface area contributed by atoms with E-state index in [1.54, 1.807) is 17.6 Å². The van der Waals surface area contributed by atoms with Gasteiger partial charge >= 0.3 is 5.97 Å². The molecule has 4 atom stereocenters. The van der Waals surface area contributed by atoms with Crippen LogP contribution in [0.5, 0.6) is 0 Å². The largest absolute Gasteiger partial charge is 0.458 e. The fraction of sp³-hybridized carbons (Fsp3) is 0.556. The molecule has 0 saturated heterocycles. The summed E-state index contributed by atoms with van der Waals surface area (Å²) in [5.74, 6) is 1.12. The van der Waals surface area contributed by atoms with Crippen molar-refractivity contribution in [2.45, 2.75) is 70.9 Å². The molecule has 1 aromatic rings. The average Bonchev–Trinajstić information content (AvgIpc) is 3.24. The van der Waals surface area contributed by atoms with Crippen LogP contribution in [0.2, 0.25) is 0 Å². The van der Waals surface area contributed by atoms with E-state index < -0.39 is 11.6 Å². The highest BCUT2D eigenvalue weighted by atomic mass is 35.5. The lowest BCUT2D eigenvalue weighted by atomic mass is 9.75. The van der Waals surface area contributed by atoms with Gasteiger partial charge in [0.2, 0.25) is 0 Å². The highest BCUT2D eigenvalue weighted by Crippen LogP contribution is 2.46. The van der Waals surface area contributed by atoms with Gasteiger partial charge in [0, 0.05) is 35.7 Å². The number of fused-ring (bicyclic) bond motifs is 4. The SMILES string of the molecule is CC[C@@]1(O)C(=O)OCc2c1cc1n(c2=O)CC2=C1N=C1CC=CC3N=C(CCl)N(CCC(C)C)C2C13. The summed E-state index contributed by atoms with van der Waals surface area (Å²) in [5.41, 5.74) is 2.20. The molecule has 0 bridgehead atoms. The molecule has 1 aliphatic carbocycles. The van der Waals surface area contributed by atoms with E-state index >= 15 is 0 Å². The topological polar surface area (TPSA) is 96.5 Å². The third kappa shape index (κ3) is 3.23. The molecule has 36 heavy (non-hydrogen) atoms. The van der Waals surface area contributed by atoms with Crippen molar-refractivity contribution in [3.63, 3.8) is 0 Å². The maximum absolute atomic E-state index is 13.7. The molecule has 190 valence electrons. The molecule has 9 heteroatoms. The second-order valence-electron chi connectivity index (χ2n) is 10.7. The number of amidine groups is 1. The Morgan fingerprint density at radius 2 is 2.14 bits per heavy atom. The number of hydrogen-bond acceptors (Lipinski definition) is 7. The van der Waals surface area contributed by atoms with Gasteiger partial charge in [-0.15, -0.1) is 11.6 Å². The number of cyclic esters (lactones) is 1. The number of ether oxygens (including phenoxy) is 1. The van der Waals surface area contributed by atoms with Crippen LogP contribution in [0.4, 0.5) is 0 Å². The molecule has 0 aromatic carbocycles. The standard InChI is InChI=1S/C27H31ClN4O4/c1-4-27(35)17-10-20-23-15(12-32(20)25(33)16(17)13-36-26(27)34)24-22-18(6-5-7-19(22)30-23)29-21(11-28)31(24)9-8-14(2)3/h5-6,10,14,18,22,24,35H,4,7-9,11-13H2,1-3H3/t18?,22?,24?,27-/m0/s1. The summed E-state index contributed by atoms with van der Waals surface area (Å²) < 4.78 is 6.95. The summed E-state index contributed by atoms with van der Waals surface area (Å²) in [6, 6.07) is 1.78. The van der Waals surface area contributed by atoms with Crippen molar-refractivity contribution < 1.29 is 14.6 Å². The van der Waals surface area contributed by atoms with Gasteiger partial charge in [-0.2, -0.15) is 0 Å². The number of allylic oxidation sites excluding steroid dienone is 1. The van der Waals surface area contributed by atoms with Gasteiger partial charge in [0.05, 0.1) is 41.5 Å². The minimum absolute atomic E-state index is 0.00622. The number of aliphatic imine (C=N–C) groups is 2. The van der Waals surface area contributed by atoms with Crippen molar-refractivity contribution in [1.29, 1.82) is 0 Å². The molecule has 1 aromatic heterocycles. The smallest absolute Gasteiger partial charge is 0.343 e. The number of esters is 1. The van der Waals surface area contributed by atoms with Crippen LogP contribution in [0.3, 0.4) is 0 Å². The molecule has 6 rings (SSSR count). The van der Waals surface area contributed by atoms with E-state index in [-0.39, 0.29) is 36.6 Å². The second kappa shape index (κ2) is 8.42. The van der Waals surface area contributed by atoms with Crippen molar-refractivity contribution in [2.75, 3.05) is 12.4 Å². The summed E-state index contributed by atoms with van der Waals surface area (Å²) in [4.78, 5) is 38.7. The summed E-state index contributed by atoms with van der Waals surface area (Å²) in [6.45, 7) is 7.24. The minimum atomic E-state index is -1.83. The average molecular weight is 511 g/mol. The lowest BCUT2D eigenvalue weighted by Crippen LogP contribution is -2.57. The molecule has 0 spiro atoms. The van der Waals surface area contributed by atoms with Crippen molar-refractivity contribution >= 4 is 34.8 Å². The van der Waals surface area contributed by atoms with Crippen molar-refractivity contribution in [1.82, 2.24) is 9.47 Å². The van der Waals surface area contributed by atoms with Crippen LogP contribution in [-0.2, 0) is 28.3 Å². The molecule has 8 nitrogen and oxygen atoms in total. The van der Waals surface area contributed by atoms with Gasteiger partial charge in [-0.25, -0.2) is 4.79 Å². The maximum Gasteiger partial charge on any atom is 0.343 e. The highest BCUT2D eigenvalue weighted by Gasteiger charge is 2.50. The van der Waals surface area contributed by atoms with E-state index in [1.165, 1.54) is 0 Å². The number of hydrogen-bond donors (Lipinski definition) is 1. The Kier molecular flexibility index (Phi) is 5.53. The zero-order valence-electron chi connectivity index (χ0n) is 20.8. The zero-order chi connectivity index (χ0) is 25.4. The van der Waals surface area contributed by atoms with E-state index in [9.17, 15) is 14.7 Å². The van der Waals surface area contributed by atoms with Gasteiger partial charge in [0.15, 0.2) is 5.60 Å². The Bertz CT molecular complexity index is 1340. The molecule has 1 N–H and O–H groups in total. The molecule has 0 amide bonds. The molecule has 5 heterocycles. The molecular formula is C27H31ClN4O4. The predicted octanol–water partition coefficient (Wildman–Crippen LogP) is 2.99. The third-order valence-electron chi connectivity index (χ3n) is 8.32. The van der Waals surface area contributed by atoms with Gasteiger partial charge in [0.25, 0.3) is 5.56 Å². The number of alkyl halides is 1. The lowest BCUT2D eigenvalue weighted by Gasteiger charge is -2.48. The first-order chi connectivity index (χ1) is 17.3. The van der Waals surface area contributed by atoms with Crippen LogP contribution in [0.25, 0.3) is 5.70 Å². The minimum Gasteiger partial charge on any atom is -0.458 e. The quantitative estimate of drug-likeness (QED) is 0.373. The van der Waals surface area contributed by atoms with Crippen molar-refractivity contribution in [2.24, 2.45) is 21.8 Å². The van der Waals surface area contributed by atoms with Gasteiger partial charge in [0.1, 0.15) is 12.4 Å². The maximum atomic E-state index is 13.7. The first kappa shape index (κ1) is 23.7. The van der Waals surface area contributed by atoms with Gasteiger partial charge in [-0.3, -0.25) is 14.8 Å². The summed E-state index contributed by atoms with van der Waals surface area (Å²) in [6.07, 6.45) is 6.13. The fourth-order valence-corrected chi connectivity index (χ4v) is 6.57. The number of halogens is 1. The van der Waals surface area contributed by atoms with Crippen molar-refractivity contribution in [3.8, 4) is 0 Å². The van der Waals surface area contributed by atoms with Crippen LogP contribution in [-0.4, -0.2) is 56.6 Å². The number of carbonyl (C=O) groups is 1. The summed E-state index contributed by atoms with van der Waals surface area (Å²) >= 11 is 6.43. The van der Waals surface area contributed by atoms with Crippen molar-refractivity contribution in [3.05, 3.63) is 51.0 Å². The highest BCUT2D eigenvalue weighted by molar-refractivity contribution is 6.28. The van der Waals surface area contributed by atoms with E-state index in [1.807, 2.05) is 0 Å². The Hall–Kier alpha value is -2.71. The van der Waals surface area contributed by atoms with E-state index in [4.69, 9.17) is 26.3 Å². The normalized spacial score (nSPS) is 29.9. The Balaban J connectivity index is 1.53. The Morgan fingerprint density at radius 1 is 1.33 bits per heavy atom. The number of aliphatic hydroxyl groups is 1. The first-order valence-electron chi connectivity index (χ1n) is 12.8. The molecule has 4 aliphatic heterocycles. The van der Waals surface area contributed by atoms with E-state index in [2.05, 4.69) is 30.9 Å². The van der Waals surface area contributed by atoms with Gasteiger partial charge in [-0.05, 0) is 24.8 Å². The molecule has 5 aliphatic rings. The summed E-state index contributed by atoms with van der Waals surface area (Å²) in [5, 5.41) is 11.2. The Morgan fingerprint density at radius 3 is 2.86 bits per heavy atom. The first-order valence-corrected chi connectivity index (χ1v) is 13.4. The fourth-order valence-electron chi connectivity index (χ4n) is 6.34. The van der Waals surface area contributed by atoms with Crippen LogP contribution in [0.1, 0.15) is 56.9 Å². The van der Waals surface area contributed by atoms with Crippen LogP contribution in [0.15, 0.2) is 38.6 Å². The second-order valence-corrected chi connectivity index (χ2v) is 11.0. The number of rotatable bonds is 5. The molecule has 0 saturated carbocycles. The number of pyridine rings is 1. The number of aromatic nitrogens is 1. The zero-order valence-corrected chi connectivity index (χ0v) is 21.6. The molecule has 0 fully saturated rings. The van der Waals surface area contributed by atoms with E-state index in [0.717, 1.165) is 42.2 Å². The van der Waals surface area contributed by atoms with Gasteiger partial charge < -0.3 is 19.3 Å². The molecular weight excluding hydrogens is 480 g/mol. The summed E-state index contributed by atoms with van der Waals surface area (Å²) in [7, 11) is 0.